The van der Waals surface area contributed by atoms with Crippen molar-refractivity contribution in [3.63, 3.8) is 0 Å². The number of hydrogen-bond acceptors (Lipinski definition) is 3. The van der Waals surface area contributed by atoms with Crippen LogP contribution in [0.2, 0.25) is 0 Å². The molecule has 2 atom stereocenters. The molecule has 0 bridgehead atoms. The van der Waals surface area contributed by atoms with Crippen LogP contribution in [0.5, 0.6) is 5.88 Å². The highest BCUT2D eigenvalue weighted by Gasteiger charge is 2.27. The Labute approximate surface area is 118 Å². The molecule has 1 heterocycles. The number of pyridine rings is 1. The van der Waals surface area contributed by atoms with Gasteiger partial charge in [0.25, 0.3) is 0 Å². The average molecular weight is 313 g/mol. The largest absolute Gasteiger partial charge is 0.478 e. The first-order valence-electron chi connectivity index (χ1n) is 6.69. The third kappa shape index (κ3) is 3.16. The summed E-state index contributed by atoms with van der Waals surface area (Å²) < 4.78 is 5.46. The number of rotatable bonds is 4. The highest BCUT2D eigenvalue weighted by molar-refractivity contribution is 9.09. The zero-order valence-electron chi connectivity index (χ0n) is 11.1. The van der Waals surface area contributed by atoms with E-state index < -0.39 is 0 Å². The second-order valence-electron chi connectivity index (χ2n) is 4.75. The predicted octanol–water partition coefficient (Wildman–Crippen LogP) is 3.62. The summed E-state index contributed by atoms with van der Waals surface area (Å²) in [5, 5.41) is 0. The van der Waals surface area contributed by atoms with E-state index in [1.54, 1.807) is 0 Å². The third-order valence-electron chi connectivity index (χ3n) is 3.51. The van der Waals surface area contributed by atoms with Gasteiger partial charge in [0.1, 0.15) is 5.82 Å². The fourth-order valence-corrected chi connectivity index (χ4v) is 3.44. The Hall–Kier alpha value is -0.770. The van der Waals surface area contributed by atoms with Crippen LogP contribution in [0.3, 0.4) is 0 Å². The summed E-state index contributed by atoms with van der Waals surface area (Å²) in [5.41, 5.74) is 0. The molecule has 18 heavy (non-hydrogen) atoms. The second kappa shape index (κ2) is 6.41. The van der Waals surface area contributed by atoms with Crippen LogP contribution in [0.25, 0.3) is 0 Å². The van der Waals surface area contributed by atoms with Gasteiger partial charge >= 0.3 is 0 Å². The van der Waals surface area contributed by atoms with Gasteiger partial charge in [-0.15, -0.1) is 0 Å². The molecule has 0 N–H and O–H groups in total. The molecule has 0 amide bonds. The lowest BCUT2D eigenvalue weighted by atomic mass is 9.94. The molecule has 0 saturated heterocycles. The van der Waals surface area contributed by atoms with E-state index in [0.29, 0.717) is 23.4 Å². The van der Waals surface area contributed by atoms with E-state index in [4.69, 9.17) is 4.74 Å². The second-order valence-corrected chi connectivity index (χ2v) is 5.92. The van der Waals surface area contributed by atoms with Crippen LogP contribution in [0.1, 0.15) is 32.6 Å². The minimum Gasteiger partial charge on any atom is -0.478 e. The first-order chi connectivity index (χ1) is 8.72. The molecule has 0 aromatic carbocycles. The maximum Gasteiger partial charge on any atom is 0.215 e. The SMILES string of the molecule is CCOc1cccc(N(C)C2CCCCC2Br)n1. The summed E-state index contributed by atoms with van der Waals surface area (Å²) in [6.45, 7) is 2.64. The van der Waals surface area contributed by atoms with Crippen LogP contribution < -0.4 is 9.64 Å². The maximum atomic E-state index is 5.46. The van der Waals surface area contributed by atoms with Gasteiger partial charge in [0, 0.05) is 24.0 Å². The Balaban J connectivity index is 2.11. The molecule has 4 heteroatoms. The minimum atomic E-state index is 0.531. The molecule has 2 unspecified atom stereocenters. The highest BCUT2D eigenvalue weighted by atomic mass is 79.9. The van der Waals surface area contributed by atoms with E-state index in [1.165, 1.54) is 25.7 Å². The van der Waals surface area contributed by atoms with Gasteiger partial charge in [0.15, 0.2) is 0 Å². The van der Waals surface area contributed by atoms with E-state index in [0.717, 1.165) is 5.82 Å². The Kier molecular flexibility index (Phi) is 4.87. The van der Waals surface area contributed by atoms with Gasteiger partial charge in [-0.05, 0) is 25.8 Å². The number of anilines is 1. The van der Waals surface area contributed by atoms with Gasteiger partial charge in [-0.2, -0.15) is 4.98 Å². The fraction of sp³-hybridized carbons (Fsp3) is 0.643. The Morgan fingerprint density at radius 3 is 2.89 bits per heavy atom. The molecule has 3 nitrogen and oxygen atoms in total. The van der Waals surface area contributed by atoms with Crippen molar-refractivity contribution in [3.8, 4) is 5.88 Å². The summed E-state index contributed by atoms with van der Waals surface area (Å²) in [4.78, 5) is 7.40. The Bertz CT molecular complexity index is 386. The van der Waals surface area contributed by atoms with E-state index in [-0.39, 0.29) is 0 Å². The number of aromatic nitrogens is 1. The number of halogens is 1. The lowest BCUT2D eigenvalue weighted by Gasteiger charge is -2.36. The Morgan fingerprint density at radius 2 is 2.17 bits per heavy atom. The van der Waals surface area contributed by atoms with E-state index in [2.05, 4.69) is 38.9 Å². The van der Waals surface area contributed by atoms with E-state index in [1.807, 2.05) is 19.1 Å². The Morgan fingerprint density at radius 1 is 1.39 bits per heavy atom. The van der Waals surface area contributed by atoms with Gasteiger partial charge in [0.2, 0.25) is 5.88 Å². The fourth-order valence-electron chi connectivity index (χ4n) is 2.50. The molecule has 1 aromatic rings. The number of hydrogen-bond donors (Lipinski definition) is 0. The molecule has 0 aliphatic heterocycles. The topological polar surface area (TPSA) is 25.4 Å². The average Bonchev–Trinajstić information content (AvgIpc) is 2.39. The minimum absolute atomic E-state index is 0.531. The summed E-state index contributed by atoms with van der Waals surface area (Å²) in [5.74, 6) is 1.71. The molecule has 2 rings (SSSR count). The van der Waals surface area contributed by atoms with Crippen molar-refractivity contribution in [2.24, 2.45) is 0 Å². The van der Waals surface area contributed by atoms with Crippen molar-refractivity contribution < 1.29 is 4.74 Å². The molecular formula is C14H21BrN2O. The summed E-state index contributed by atoms with van der Waals surface area (Å²) >= 11 is 3.80. The van der Waals surface area contributed by atoms with Crippen LogP contribution in [-0.4, -0.2) is 29.5 Å². The van der Waals surface area contributed by atoms with Gasteiger partial charge in [0.05, 0.1) is 6.61 Å². The van der Waals surface area contributed by atoms with Crippen LogP contribution in [0.15, 0.2) is 18.2 Å². The first kappa shape index (κ1) is 13.7. The molecule has 0 spiro atoms. The first-order valence-corrected chi connectivity index (χ1v) is 7.60. The van der Waals surface area contributed by atoms with E-state index in [9.17, 15) is 0 Å². The van der Waals surface area contributed by atoms with Gasteiger partial charge in [-0.3, -0.25) is 0 Å². The predicted molar refractivity (Wildman–Crippen MR) is 78.8 cm³/mol. The van der Waals surface area contributed by atoms with Crippen molar-refractivity contribution >= 4 is 21.7 Å². The van der Waals surface area contributed by atoms with Crippen molar-refractivity contribution in [2.75, 3.05) is 18.6 Å². The standard InChI is InChI=1S/C14H21BrN2O/c1-3-18-14-10-6-9-13(16-14)17(2)12-8-5-4-7-11(12)15/h6,9-12H,3-5,7-8H2,1-2H3. The van der Waals surface area contributed by atoms with Crippen molar-refractivity contribution in [3.05, 3.63) is 18.2 Å². The third-order valence-corrected chi connectivity index (χ3v) is 4.58. The van der Waals surface area contributed by atoms with Gasteiger partial charge < -0.3 is 9.64 Å². The summed E-state index contributed by atoms with van der Waals surface area (Å²) in [7, 11) is 2.13. The molecule has 1 fully saturated rings. The quantitative estimate of drug-likeness (QED) is 0.794. The lowest BCUT2D eigenvalue weighted by Crippen LogP contribution is -2.41. The monoisotopic (exact) mass is 312 g/mol. The maximum absolute atomic E-state index is 5.46. The van der Waals surface area contributed by atoms with Crippen molar-refractivity contribution in [1.82, 2.24) is 4.98 Å². The molecule has 100 valence electrons. The number of alkyl halides is 1. The normalized spacial score (nSPS) is 23.7. The number of ether oxygens (including phenoxy) is 1. The molecule has 0 radical (unpaired) electrons. The summed E-state index contributed by atoms with van der Waals surface area (Å²) in [6, 6.07) is 6.50. The molecule has 1 aliphatic rings. The van der Waals surface area contributed by atoms with Crippen LogP contribution in [0.4, 0.5) is 5.82 Å². The molecule has 1 aromatic heterocycles. The zero-order chi connectivity index (χ0) is 13.0. The number of nitrogens with zero attached hydrogens (tertiary/aromatic N) is 2. The zero-order valence-corrected chi connectivity index (χ0v) is 12.7. The van der Waals surface area contributed by atoms with Crippen molar-refractivity contribution in [2.45, 2.75) is 43.5 Å². The molecule has 1 saturated carbocycles. The van der Waals surface area contributed by atoms with E-state index >= 15 is 0 Å². The van der Waals surface area contributed by atoms with Gasteiger partial charge in [-0.1, -0.05) is 34.8 Å². The molecular weight excluding hydrogens is 292 g/mol. The van der Waals surface area contributed by atoms with Crippen molar-refractivity contribution in [1.29, 1.82) is 0 Å². The van der Waals surface area contributed by atoms with Crippen LogP contribution in [0, 0.1) is 0 Å². The highest BCUT2D eigenvalue weighted by Crippen LogP contribution is 2.30. The lowest BCUT2D eigenvalue weighted by molar-refractivity contribution is 0.326. The molecule has 1 aliphatic carbocycles. The van der Waals surface area contributed by atoms with Crippen LogP contribution >= 0.6 is 15.9 Å². The van der Waals surface area contributed by atoms with Gasteiger partial charge in [-0.25, -0.2) is 0 Å². The van der Waals surface area contributed by atoms with Crippen LogP contribution in [-0.2, 0) is 0 Å². The smallest absolute Gasteiger partial charge is 0.215 e. The summed E-state index contributed by atoms with van der Waals surface area (Å²) in [6.07, 6.45) is 5.11.